The van der Waals surface area contributed by atoms with Gasteiger partial charge in [0.2, 0.25) is 5.78 Å². The van der Waals surface area contributed by atoms with Gasteiger partial charge in [-0.05, 0) is 5.41 Å². The van der Waals surface area contributed by atoms with Crippen LogP contribution in [0.3, 0.4) is 0 Å². The third kappa shape index (κ3) is 4.04. The Morgan fingerprint density at radius 1 is 1.08 bits per heavy atom. The van der Waals surface area contributed by atoms with Crippen molar-refractivity contribution in [1.82, 2.24) is 4.90 Å². The van der Waals surface area contributed by atoms with Crippen LogP contribution in [0.4, 0.5) is 9.59 Å². The highest BCUT2D eigenvalue weighted by atomic mass is 16.8. The van der Waals surface area contributed by atoms with Crippen LogP contribution >= 0.6 is 0 Å². The first-order chi connectivity index (χ1) is 11.7. The van der Waals surface area contributed by atoms with Gasteiger partial charge in [0.1, 0.15) is 5.70 Å². The van der Waals surface area contributed by atoms with Gasteiger partial charge in [0, 0.05) is 19.5 Å². The minimum atomic E-state index is -2.24. The molecule has 1 fully saturated rings. The molecule has 1 saturated heterocycles. The topological polar surface area (TPSA) is 101 Å². The highest BCUT2D eigenvalue weighted by Crippen LogP contribution is 2.41. The summed E-state index contributed by atoms with van der Waals surface area (Å²) in [4.78, 5) is 38.3. The van der Waals surface area contributed by atoms with E-state index in [1.165, 1.54) is 0 Å². The summed E-state index contributed by atoms with van der Waals surface area (Å²) in [6.45, 7) is 5.49. The van der Waals surface area contributed by atoms with Crippen LogP contribution in [0, 0.1) is 5.41 Å². The lowest BCUT2D eigenvalue weighted by Gasteiger charge is -2.44. The number of rotatable bonds is 3. The van der Waals surface area contributed by atoms with E-state index in [1.807, 2.05) is 13.8 Å². The predicted octanol–water partition coefficient (Wildman–Crippen LogP) is 1.46. The third-order valence-corrected chi connectivity index (χ3v) is 3.99. The molecule has 0 aromatic rings. The zero-order chi connectivity index (χ0) is 18.7. The van der Waals surface area contributed by atoms with E-state index in [9.17, 15) is 14.4 Å². The summed E-state index contributed by atoms with van der Waals surface area (Å²) < 4.78 is 24.7. The van der Waals surface area contributed by atoms with Crippen molar-refractivity contribution >= 4 is 18.1 Å². The molecule has 1 heterocycles. The van der Waals surface area contributed by atoms with E-state index in [0.717, 1.165) is 14.2 Å². The van der Waals surface area contributed by atoms with Crippen LogP contribution in [-0.4, -0.2) is 69.3 Å². The van der Waals surface area contributed by atoms with E-state index < -0.39 is 29.3 Å². The van der Waals surface area contributed by atoms with Gasteiger partial charge in [0.25, 0.3) is 0 Å². The van der Waals surface area contributed by atoms with Crippen molar-refractivity contribution in [2.45, 2.75) is 26.1 Å². The smallest absolute Gasteiger partial charge is 0.438 e. The van der Waals surface area contributed by atoms with Gasteiger partial charge in [0.15, 0.2) is 0 Å². The maximum absolute atomic E-state index is 12.9. The Labute approximate surface area is 145 Å². The second kappa shape index (κ2) is 7.30. The van der Waals surface area contributed by atoms with Crippen LogP contribution in [0.2, 0.25) is 0 Å². The summed E-state index contributed by atoms with van der Waals surface area (Å²) in [6, 6.07) is 0. The van der Waals surface area contributed by atoms with Crippen molar-refractivity contribution in [3.8, 4) is 0 Å². The molecule has 25 heavy (non-hydrogen) atoms. The quantitative estimate of drug-likeness (QED) is 0.549. The van der Waals surface area contributed by atoms with Crippen LogP contribution in [0.1, 0.15) is 20.3 Å². The molecule has 0 saturated carbocycles. The largest absolute Gasteiger partial charge is 0.512 e. The molecule has 1 aliphatic carbocycles. The lowest BCUT2D eigenvalue weighted by molar-refractivity contribution is -0.192. The Balaban J connectivity index is 2.53. The number of carbonyl (C=O) groups is 3. The van der Waals surface area contributed by atoms with Crippen molar-refractivity contribution in [1.29, 1.82) is 0 Å². The van der Waals surface area contributed by atoms with Crippen LogP contribution < -0.4 is 0 Å². The summed E-state index contributed by atoms with van der Waals surface area (Å²) in [5.74, 6) is -2.81. The molecule has 0 atom stereocenters. The van der Waals surface area contributed by atoms with Gasteiger partial charge in [-0.15, -0.1) is 0 Å². The van der Waals surface area contributed by atoms with E-state index in [0.29, 0.717) is 26.3 Å². The fourth-order valence-electron chi connectivity index (χ4n) is 2.85. The number of morpholine rings is 1. The van der Waals surface area contributed by atoms with Crippen molar-refractivity contribution in [3.63, 3.8) is 0 Å². The first kappa shape index (κ1) is 19.0. The molecule has 0 bridgehead atoms. The highest BCUT2D eigenvalue weighted by molar-refractivity contribution is 5.94. The molecule has 0 N–H and O–H groups in total. The maximum Gasteiger partial charge on any atom is 0.512 e. The average molecular weight is 357 g/mol. The fourth-order valence-corrected chi connectivity index (χ4v) is 2.85. The molecule has 0 radical (unpaired) electrons. The minimum Gasteiger partial charge on any atom is -0.438 e. The van der Waals surface area contributed by atoms with Crippen LogP contribution in [0.15, 0.2) is 11.8 Å². The summed E-state index contributed by atoms with van der Waals surface area (Å²) in [6.07, 6.45) is -0.507. The average Bonchev–Trinajstić information content (AvgIpc) is 2.58. The second-order valence-corrected chi connectivity index (χ2v) is 6.45. The van der Waals surface area contributed by atoms with Crippen LogP contribution in [-0.2, 0) is 28.5 Å². The Morgan fingerprint density at radius 2 is 1.60 bits per heavy atom. The maximum atomic E-state index is 12.9. The first-order valence-electron chi connectivity index (χ1n) is 7.87. The number of ether oxygens (including phenoxy) is 5. The number of carbonyl (C=O) groups excluding carboxylic acids is 3. The van der Waals surface area contributed by atoms with Crippen molar-refractivity contribution < 1.29 is 38.1 Å². The SMILES string of the molecule is COC(=O)OC1(OC(=O)OC)C(=O)CC(C)(C)C=C1N1CCOCC1. The van der Waals surface area contributed by atoms with Crippen molar-refractivity contribution in [2.24, 2.45) is 5.41 Å². The number of hydrogen-bond donors (Lipinski definition) is 0. The van der Waals surface area contributed by atoms with E-state index in [1.54, 1.807) is 11.0 Å². The Bertz CT molecular complexity index is 559. The number of allylic oxidation sites excluding steroid dienone is 1. The van der Waals surface area contributed by atoms with Gasteiger partial charge in [-0.25, -0.2) is 9.59 Å². The van der Waals surface area contributed by atoms with Gasteiger partial charge in [-0.3, -0.25) is 4.79 Å². The standard InChI is InChI=1S/C16H23NO8/c1-15(2)9-11(17-5-7-23-8-6-17)16(12(18)10-15,24-13(19)21-3)25-14(20)22-4/h9H,5-8,10H2,1-4H3. The van der Waals surface area contributed by atoms with Gasteiger partial charge in [-0.1, -0.05) is 19.9 Å². The van der Waals surface area contributed by atoms with E-state index in [4.69, 9.17) is 14.2 Å². The second-order valence-electron chi connectivity index (χ2n) is 6.45. The number of ketones is 1. The number of methoxy groups -OCH3 is 2. The molecule has 0 spiro atoms. The lowest BCUT2D eigenvalue weighted by Crippen LogP contribution is -2.58. The third-order valence-electron chi connectivity index (χ3n) is 3.99. The molecular formula is C16H23NO8. The van der Waals surface area contributed by atoms with E-state index >= 15 is 0 Å². The number of hydrogen-bond acceptors (Lipinski definition) is 9. The minimum absolute atomic E-state index is 0.00876. The summed E-state index contributed by atoms with van der Waals surface area (Å²) in [5.41, 5.74) is -0.236. The summed E-state index contributed by atoms with van der Waals surface area (Å²) in [5, 5.41) is 0. The Morgan fingerprint density at radius 3 is 2.08 bits per heavy atom. The molecule has 0 aromatic heterocycles. The molecule has 9 nitrogen and oxygen atoms in total. The van der Waals surface area contributed by atoms with Crippen LogP contribution in [0.5, 0.6) is 0 Å². The van der Waals surface area contributed by atoms with Crippen LogP contribution in [0.25, 0.3) is 0 Å². The zero-order valence-electron chi connectivity index (χ0n) is 14.8. The molecule has 2 aliphatic rings. The Kier molecular flexibility index (Phi) is 5.56. The number of nitrogens with zero attached hydrogens (tertiary/aromatic N) is 1. The predicted molar refractivity (Wildman–Crippen MR) is 83.6 cm³/mol. The normalized spacial score (nSPS) is 21.8. The van der Waals surface area contributed by atoms with Crippen molar-refractivity contribution in [3.05, 3.63) is 11.8 Å². The van der Waals surface area contributed by atoms with Gasteiger partial charge in [0.05, 0.1) is 27.4 Å². The molecule has 0 amide bonds. The van der Waals surface area contributed by atoms with Gasteiger partial charge in [-0.2, -0.15) is 0 Å². The monoisotopic (exact) mass is 357 g/mol. The van der Waals surface area contributed by atoms with E-state index in [-0.39, 0.29) is 12.1 Å². The number of Topliss-reactive ketones (excluding diaryl/α,β-unsaturated/α-hetero) is 1. The molecule has 0 aromatic carbocycles. The van der Waals surface area contributed by atoms with Gasteiger partial charge >= 0.3 is 18.1 Å². The molecule has 140 valence electrons. The first-order valence-corrected chi connectivity index (χ1v) is 7.87. The van der Waals surface area contributed by atoms with Gasteiger partial charge < -0.3 is 28.6 Å². The molecule has 9 heteroatoms. The van der Waals surface area contributed by atoms with E-state index in [2.05, 4.69) is 9.47 Å². The molecule has 2 rings (SSSR count). The fraction of sp³-hybridized carbons (Fsp3) is 0.688. The lowest BCUT2D eigenvalue weighted by atomic mass is 9.77. The summed E-state index contributed by atoms with van der Waals surface area (Å²) in [7, 11) is 2.20. The molecule has 1 aliphatic heterocycles. The zero-order valence-corrected chi connectivity index (χ0v) is 14.8. The molecule has 0 unspecified atom stereocenters. The highest BCUT2D eigenvalue weighted by Gasteiger charge is 2.57. The Hall–Kier alpha value is -2.29. The summed E-state index contributed by atoms with van der Waals surface area (Å²) >= 11 is 0. The van der Waals surface area contributed by atoms with Crippen molar-refractivity contribution in [2.75, 3.05) is 40.5 Å². The molecular weight excluding hydrogens is 334 g/mol.